The van der Waals surface area contributed by atoms with Crippen molar-refractivity contribution >= 4 is 5.91 Å². The number of carbonyl (C=O) groups is 1. The Bertz CT molecular complexity index is 496. The molecule has 0 unspecified atom stereocenters. The standard InChI is InChI=1S/C20H32N2O2/c1-21(2)9-16-12-24-18-11-22(10-17(16)18)19(23)20-6-13-3-14(7-20)5-15(4-13)8-20/h13-18H,3-12H2,1-2H3/t13?,14?,15?,16-,17-,18-,20?/m1/s1. The van der Waals surface area contributed by atoms with Crippen LogP contribution in [-0.2, 0) is 9.53 Å². The van der Waals surface area contributed by atoms with Gasteiger partial charge in [-0.1, -0.05) is 0 Å². The van der Waals surface area contributed by atoms with Crippen LogP contribution in [0.4, 0.5) is 0 Å². The average Bonchev–Trinajstić information content (AvgIpc) is 3.07. The smallest absolute Gasteiger partial charge is 0.228 e. The van der Waals surface area contributed by atoms with Gasteiger partial charge in [0.1, 0.15) is 0 Å². The van der Waals surface area contributed by atoms with Crippen molar-refractivity contribution in [2.24, 2.45) is 35.0 Å². The summed E-state index contributed by atoms with van der Waals surface area (Å²) in [7, 11) is 4.28. The van der Waals surface area contributed by atoms with Crippen molar-refractivity contribution in [3.63, 3.8) is 0 Å². The zero-order valence-electron chi connectivity index (χ0n) is 15.2. The van der Waals surface area contributed by atoms with Crippen LogP contribution in [0.3, 0.4) is 0 Å². The van der Waals surface area contributed by atoms with Crippen LogP contribution in [0.5, 0.6) is 0 Å². The van der Waals surface area contributed by atoms with Gasteiger partial charge in [0.25, 0.3) is 0 Å². The van der Waals surface area contributed by atoms with E-state index in [0.29, 0.717) is 23.8 Å². The molecule has 1 amide bonds. The summed E-state index contributed by atoms with van der Waals surface area (Å²) in [6.07, 6.45) is 8.08. The van der Waals surface area contributed by atoms with Gasteiger partial charge in [-0.2, -0.15) is 0 Å². The van der Waals surface area contributed by atoms with E-state index >= 15 is 0 Å². The van der Waals surface area contributed by atoms with Gasteiger partial charge in [-0.15, -0.1) is 0 Å². The van der Waals surface area contributed by atoms with E-state index in [0.717, 1.165) is 44.0 Å². The second kappa shape index (κ2) is 5.44. The van der Waals surface area contributed by atoms with Gasteiger partial charge in [-0.05, 0) is 70.4 Å². The first-order chi connectivity index (χ1) is 11.5. The summed E-state index contributed by atoms with van der Waals surface area (Å²) in [5.41, 5.74) is 0.0183. The van der Waals surface area contributed by atoms with Gasteiger partial charge in [-0.25, -0.2) is 0 Å². The normalized spacial score (nSPS) is 49.2. The lowest BCUT2D eigenvalue weighted by Gasteiger charge is -2.56. The van der Waals surface area contributed by atoms with Crippen LogP contribution in [0.2, 0.25) is 0 Å². The van der Waals surface area contributed by atoms with Gasteiger partial charge in [0.2, 0.25) is 5.91 Å². The molecule has 0 radical (unpaired) electrons. The Kier molecular flexibility index (Phi) is 3.54. The van der Waals surface area contributed by atoms with Crippen LogP contribution in [0, 0.1) is 35.0 Å². The summed E-state index contributed by atoms with van der Waals surface area (Å²) in [5, 5.41) is 0. The number of fused-ring (bicyclic) bond motifs is 1. The molecule has 0 aromatic carbocycles. The van der Waals surface area contributed by atoms with Gasteiger partial charge < -0.3 is 14.5 Å². The van der Waals surface area contributed by atoms with Crippen LogP contribution < -0.4 is 0 Å². The van der Waals surface area contributed by atoms with Gasteiger partial charge in [-0.3, -0.25) is 4.79 Å². The highest BCUT2D eigenvalue weighted by Crippen LogP contribution is 2.60. The van der Waals surface area contributed by atoms with E-state index < -0.39 is 0 Å². The Morgan fingerprint density at radius 3 is 2.29 bits per heavy atom. The van der Waals surface area contributed by atoms with Gasteiger partial charge in [0.15, 0.2) is 0 Å². The Balaban J connectivity index is 1.31. The maximum atomic E-state index is 13.5. The van der Waals surface area contributed by atoms with Crippen molar-refractivity contribution in [1.82, 2.24) is 9.80 Å². The van der Waals surface area contributed by atoms with Gasteiger partial charge >= 0.3 is 0 Å². The van der Waals surface area contributed by atoms with Crippen LogP contribution in [0.1, 0.15) is 38.5 Å². The minimum Gasteiger partial charge on any atom is -0.376 e. The monoisotopic (exact) mass is 332 g/mol. The fraction of sp³-hybridized carbons (Fsp3) is 0.950. The molecule has 0 spiro atoms. The van der Waals surface area contributed by atoms with Crippen LogP contribution >= 0.6 is 0 Å². The van der Waals surface area contributed by atoms with Crippen LogP contribution in [-0.4, -0.2) is 62.1 Å². The van der Waals surface area contributed by atoms with Crippen molar-refractivity contribution in [2.75, 3.05) is 40.3 Å². The topological polar surface area (TPSA) is 32.8 Å². The SMILES string of the molecule is CN(C)C[C@@H]1CO[C@@H]2CN(C(=O)C34CC5CC(CC(C5)C3)C4)C[C@H]12. The van der Waals surface area contributed by atoms with Crippen molar-refractivity contribution < 1.29 is 9.53 Å². The molecular weight excluding hydrogens is 300 g/mol. The van der Waals surface area contributed by atoms with E-state index in [2.05, 4.69) is 23.9 Å². The summed E-state index contributed by atoms with van der Waals surface area (Å²) in [5.74, 6) is 4.20. The summed E-state index contributed by atoms with van der Waals surface area (Å²) in [4.78, 5) is 18.0. The minimum atomic E-state index is 0.0183. The highest BCUT2D eigenvalue weighted by Gasteiger charge is 2.57. The third-order valence-corrected chi connectivity index (χ3v) is 7.82. The number of rotatable bonds is 3. The molecule has 0 N–H and O–H groups in total. The van der Waals surface area contributed by atoms with Gasteiger partial charge in [0.05, 0.1) is 18.1 Å². The second-order valence-corrected chi connectivity index (χ2v) is 9.97. The molecule has 134 valence electrons. The fourth-order valence-electron chi connectivity index (χ4n) is 7.33. The lowest BCUT2D eigenvalue weighted by Crippen LogP contribution is -2.54. The van der Waals surface area contributed by atoms with E-state index in [1.54, 1.807) is 0 Å². The number of carbonyl (C=O) groups excluding carboxylic acids is 1. The molecule has 3 atom stereocenters. The number of nitrogens with zero attached hydrogens (tertiary/aromatic N) is 2. The largest absolute Gasteiger partial charge is 0.376 e. The molecule has 6 aliphatic rings. The third-order valence-electron chi connectivity index (χ3n) is 7.82. The molecule has 2 saturated heterocycles. The summed E-state index contributed by atoms with van der Waals surface area (Å²) >= 11 is 0. The molecule has 2 aliphatic heterocycles. The lowest BCUT2D eigenvalue weighted by atomic mass is 9.49. The molecule has 6 fully saturated rings. The molecule has 4 bridgehead atoms. The summed E-state index contributed by atoms with van der Waals surface area (Å²) < 4.78 is 6.07. The fourth-order valence-corrected chi connectivity index (χ4v) is 7.33. The summed E-state index contributed by atoms with van der Waals surface area (Å²) in [6.45, 7) is 3.77. The number of hydrogen-bond donors (Lipinski definition) is 0. The predicted octanol–water partition coefficient (Wildman–Crippen LogP) is 2.24. The highest BCUT2D eigenvalue weighted by atomic mass is 16.5. The van der Waals surface area contributed by atoms with E-state index in [9.17, 15) is 4.79 Å². The molecule has 24 heavy (non-hydrogen) atoms. The highest BCUT2D eigenvalue weighted by molar-refractivity contribution is 5.83. The number of hydrogen-bond acceptors (Lipinski definition) is 3. The Hall–Kier alpha value is -0.610. The minimum absolute atomic E-state index is 0.0183. The van der Waals surface area contributed by atoms with E-state index in [1.807, 2.05) is 0 Å². The Labute approximate surface area is 145 Å². The molecule has 4 saturated carbocycles. The third kappa shape index (κ3) is 2.36. The summed E-state index contributed by atoms with van der Waals surface area (Å²) in [6, 6.07) is 0. The number of amides is 1. The molecule has 4 aliphatic carbocycles. The first-order valence-electron chi connectivity index (χ1n) is 10.1. The van der Waals surface area contributed by atoms with Crippen molar-refractivity contribution in [2.45, 2.75) is 44.6 Å². The first kappa shape index (κ1) is 15.6. The van der Waals surface area contributed by atoms with Crippen molar-refractivity contribution in [3.05, 3.63) is 0 Å². The van der Waals surface area contributed by atoms with Gasteiger partial charge in [0, 0.05) is 31.5 Å². The maximum Gasteiger partial charge on any atom is 0.228 e. The molecule has 2 heterocycles. The van der Waals surface area contributed by atoms with E-state index in [-0.39, 0.29) is 5.41 Å². The molecule has 0 aromatic heterocycles. The second-order valence-electron chi connectivity index (χ2n) is 9.97. The molecule has 4 nitrogen and oxygen atoms in total. The van der Waals surface area contributed by atoms with Crippen LogP contribution in [0.15, 0.2) is 0 Å². The Morgan fingerprint density at radius 1 is 1.08 bits per heavy atom. The van der Waals surface area contributed by atoms with Crippen LogP contribution in [0.25, 0.3) is 0 Å². The quantitative estimate of drug-likeness (QED) is 0.795. The number of ether oxygens (including phenoxy) is 1. The maximum absolute atomic E-state index is 13.5. The van der Waals surface area contributed by atoms with Crippen molar-refractivity contribution in [1.29, 1.82) is 0 Å². The van der Waals surface area contributed by atoms with E-state index in [1.165, 1.54) is 38.5 Å². The predicted molar refractivity (Wildman–Crippen MR) is 92.5 cm³/mol. The Morgan fingerprint density at radius 2 is 1.71 bits per heavy atom. The zero-order chi connectivity index (χ0) is 16.5. The van der Waals surface area contributed by atoms with Crippen molar-refractivity contribution in [3.8, 4) is 0 Å². The van der Waals surface area contributed by atoms with E-state index in [4.69, 9.17) is 4.74 Å². The molecule has 0 aromatic rings. The lowest BCUT2D eigenvalue weighted by molar-refractivity contribution is -0.157. The molecule has 6 rings (SSSR count). The zero-order valence-corrected chi connectivity index (χ0v) is 15.2. The number of likely N-dealkylation sites (tertiary alicyclic amines) is 1. The first-order valence-corrected chi connectivity index (χ1v) is 10.1. The average molecular weight is 332 g/mol. The molecule has 4 heteroatoms. The molecular formula is C20H32N2O2.